The van der Waals surface area contributed by atoms with Gasteiger partial charge < -0.3 is 9.67 Å². The van der Waals surface area contributed by atoms with E-state index in [2.05, 4.69) is 10.3 Å². The Bertz CT molecular complexity index is 971. The number of carboxylic acids is 1. The molecule has 4 rings (SSSR count). The van der Waals surface area contributed by atoms with Gasteiger partial charge in [0, 0.05) is 40.8 Å². The molecular formula is C19H17N3O3S. The van der Waals surface area contributed by atoms with Crippen LogP contribution < -0.4 is 5.32 Å². The van der Waals surface area contributed by atoms with E-state index in [4.69, 9.17) is 5.11 Å². The average Bonchev–Trinajstić information content (AvgIpc) is 3.28. The fourth-order valence-electron chi connectivity index (χ4n) is 3.25. The van der Waals surface area contributed by atoms with Gasteiger partial charge in [0.1, 0.15) is 6.54 Å². The van der Waals surface area contributed by atoms with Crippen LogP contribution in [0, 0.1) is 0 Å². The highest BCUT2D eigenvalue weighted by molar-refractivity contribution is 7.99. The highest BCUT2D eigenvalue weighted by Gasteiger charge is 2.32. The molecule has 26 heavy (non-hydrogen) atoms. The van der Waals surface area contributed by atoms with Gasteiger partial charge in [-0.25, -0.2) is 0 Å². The molecule has 2 N–H and O–H groups in total. The minimum atomic E-state index is -0.934. The largest absolute Gasteiger partial charge is 0.480 e. The van der Waals surface area contributed by atoms with E-state index in [1.54, 1.807) is 34.9 Å². The van der Waals surface area contributed by atoms with Crippen LogP contribution in [0.15, 0.2) is 55.0 Å². The summed E-state index contributed by atoms with van der Waals surface area (Å²) >= 11 is 1.68. The Labute approximate surface area is 154 Å². The van der Waals surface area contributed by atoms with Crippen molar-refractivity contribution in [3.05, 3.63) is 66.1 Å². The second-order valence-corrected chi connectivity index (χ2v) is 7.30. The van der Waals surface area contributed by atoms with Crippen LogP contribution in [0.5, 0.6) is 0 Å². The van der Waals surface area contributed by atoms with Crippen molar-refractivity contribution >= 4 is 34.4 Å². The van der Waals surface area contributed by atoms with E-state index < -0.39 is 5.97 Å². The lowest BCUT2D eigenvalue weighted by Gasteiger charge is -2.12. The number of fused-ring (bicyclic) bond motifs is 1. The zero-order valence-corrected chi connectivity index (χ0v) is 14.6. The zero-order chi connectivity index (χ0) is 18.1. The van der Waals surface area contributed by atoms with Gasteiger partial charge >= 0.3 is 5.97 Å². The fourth-order valence-corrected chi connectivity index (χ4v) is 4.48. The molecule has 1 aromatic carbocycles. The Hall–Kier alpha value is -2.64. The van der Waals surface area contributed by atoms with Crippen LogP contribution in [0.3, 0.4) is 0 Å². The quantitative estimate of drug-likeness (QED) is 0.675. The van der Waals surface area contributed by atoms with Crippen LogP contribution in [0.25, 0.3) is 10.9 Å². The standard InChI is InChI=1S/C19H17N3O3S/c23-17(24)10-22-9-14(13-5-1-2-6-16(13)22)18(25)15-11-26-19(21-15)12-4-3-7-20-8-12/h1-9,15,19,21H,10-11H2,(H,23,24)/t15-,19?/m0/s1. The van der Waals surface area contributed by atoms with Gasteiger partial charge in [-0.3, -0.25) is 19.9 Å². The lowest BCUT2D eigenvalue weighted by molar-refractivity contribution is -0.137. The number of ketones is 1. The van der Waals surface area contributed by atoms with Gasteiger partial charge in [0.15, 0.2) is 5.78 Å². The summed E-state index contributed by atoms with van der Waals surface area (Å²) in [4.78, 5) is 28.3. The van der Waals surface area contributed by atoms with Crippen LogP contribution in [-0.2, 0) is 11.3 Å². The van der Waals surface area contributed by atoms with Crippen molar-refractivity contribution < 1.29 is 14.7 Å². The van der Waals surface area contributed by atoms with E-state index >= 15 is 0 Å². The normalized spacial score (nSPS) is 19.7. The first-order valence-electron chi connectivity index (χ1n) is 8.25. The number of hydrogen-bond acceptors (Lipinski definition) is 5. The Morgan fingerprint density at radius 1 is 1.27 bits per heavy atom. The number of Topliss-reactive ketones (excluding diaryl/α,β-unsaturated/α-hetero) is 1. The Morgan fingerprint density at radius 2 is 2.12 bits per heavy atom. The number of pyridine rings is 1. The molecule has 2 atom stereocenters. The van der Waals surface area contributed by atoms with Crippen LogP contribution in [-0.4, -0.2) is 38.2 Å². The SMILES string of the molecule is O=C(O)Cn1cc(C(=O)[C@@H]2CSC(c3cccnc3)N2)c2ccccc21. The van der Waals surface area contributed by atoms with E-state index in [9.17, 15) is 9.59 Å². The van der Waals surface area contributed by atoms with Crippen molar-refractivity contribution in [1.82, 2.24) is 14.9 Å². The Morgan fingerprint density at radius 3 is 2.88 bits per heavy atom. The number of para-hydroxylation sites is 1. The number of hydrogen-bond donors (Lipinski definition) is 2. The third kappa shape index (κ3) is 3.11. The molecule has 1 unspecified atom stereocenters. The number of thioether (sulfide) groups is 1. The van der Waals surface area contributed by atoms with Gasteiger partial charge in [-0.15, -0.1) is 11.8 Å². The van der Waals surface area contributed by atoms with E-state index in [-0.39, 0.29) is 23.7 Å². The molecule has 3 aromatic rings. The average molecular weight is 367 g/mol. The minimum Gasteiger partial charge on any atom is -0.480 e. The van der Waals surface area contributed by atoms with E-state index in [0.29, 0.717) is 11.3 Å². The second-order valence-electron chi connectivity index (χ2n) is 6.16. The number of aliphatic carboxylic acids is 1. The zero-order valence-electron chi connectivity index (χ0n) is 13.8. The Balaban J connectivity index is 1.62. The molecular weight excluding hydrogens is 350 g/mol. The Kier molecular flexibility index (Phi) is 4.48. The molecule has 2 aromatic heterocycles. The van der Waals surface area contributed by atoms with Crippen LogP contribution in [0.4, 0.5) is 0 Å². The number of carboxylic acid groups (broad SMARTS) is 1. The van der Waals surface area contributed by atoms with Crippen molar-refractivity contribution in [3.63, 3.8) is 0 Å². The van der Waals surface area contributed by atoms with E-state index in [1.807, 2.05) is 36.4 Å². The number of carbonyl (C=O) groups excluding carboxylic acids is 1. The maximum Gasteiger partial charge on any atom is 0.323 e. The summed E-state index contributed by atoms with van der Waals surface area (Å²) in [7, 11) is 0. The smallest absolute Gasteiger partial charge is 0.323 e. The predicted octanol–water partition coefficient (Wildman–Crippen LogP) is 2.71. The maximum absolute atomic E-state index is 13.1. The van der Waals surface area contributed by atoms with Crippen molar-refractivity contribution in [1.29, 1.82) is 0 Å². The highest BCUT2D eigenvalue weighted by atomic mass is 32.2. The first-order chi connectivity index (χ1) is 12.6. The van der Waals surface area contributed by atoms with Gasteiger partial charge in [-0.2, -0.15) is 0 Å². The van der Waals surface area contributed by atoms with Crippen molar-refractivity contribution in [2.24, 2.45) is 0 Å². The third-order valence-electron chi connectivity index (χ3n) is 4.45. The molecule has 7 heteroatoms. The monoisotopic (exact) mass is 367 g/mol. The molecule has 1 saturated heterocycles. The molecule has 0 spiro atoms. The molecule has 0 aliphatic carbocycles. The van der Waals surface area contributed by atoms with Crippen LogP contribution in [0.2, 0.25) is 0 Å². The van der Waals surface area contributed by atoms with Gasteiger partial charge in [0.2, 0.25) is 0 Å². The molecule has 1 aliphatic heterocycles. The summed E-state index contributed by atoms with van der Waals surface area (Å²) in [5, 5.41) is 13.3. The summed E-state index contributed by atoms with van der Waals surface area (Å²) in [6.45, 7) is -0.168. The molecule has 0 amide bonds. The first kappa shape index (κ1) is 16.8. The van der Waals surface area contributed by atoms with Crippen molar-refractivity contribution in [3.8, 4) is 0 Å². The first-order valence-corrected chi connectivity index (χ1v) is 9.30. The van der Waals surface area contributed by atoms with Gasteiger partial charge in [-0.05, 0) is 17.7 Å². The molecule has 0 radical (unpaired) electrons. The molecule has 6 nitrogen and oxygen atoms in total. The lowest BCUT2D eigenvalue weighted by atomic mass is 10.0. The number of benzene rings is 1. The van der Waals surface area contributed by atoms with Gasteiger partial charge in [0.05, 0.1) is 11.4 Å². The van der Waals surface area contributed by atoms with Crippen LogP contribution in [0.1, 0.15) is 21.3 Å². The molecule has 0 bridgehead atoms. The number of nitrogens with one attached hydrogen (secondary N) is 1. The number of aromatic nitrogens is 2. The number of rotatable bonds is 5. The minimum absolute atomic E-state index is 0.00997. The number of nitrogens with zero attached hydrogens (tertiary/aromatic N) is 2. The number of carbonyl (C=O) groups is 2. The lowest BCUT2D eigenvalue weighted by Crippen LogP contribution is -2.34. The summed E-state index contributed by atoms with van der Waals surface area (Å²) in [6, 6.07) is 11.0. The van der Waals surface area contributed by atoms with Gasteiger partial charge in [0.25, 0.3) is 0 Å². The molecule has 1 fully saturated rings. The van der Waals surface area contributed by atoms with Crippen molar-refractivity contribution in [2.45, 2.75) is 18.0 Å². The molecule has 0 saturated carbocycles. The molecule has 132 valence electrons. The van der Waals surface area contributed by atoms with Crippen molar-refractivity contribution in [2.75, 3.05) is 5.75 Å². The second kappa shape index (κ2) is 6.93. The summed E-state index contributed by atoms with van der Waals surface area (Å²) in [5.41, 5.74) is 2.36. The topological polar surface area (TPSA) is 84.2 Å². The van der Waals surface area contributed by atoms with Crippen LogP contribution >= 0.6 is 11.8 Å². The van der Waals surface area contributed by atoms with Gasteiger partial charge in [-0.1, -0.05) is 24.3 Å². The summed E-state index contributed by atoms with van der Waals surface area (Å²) < 4.78 is 1.62. The summed E-state index contributed by atoms with van der Waals surface area (Å²) in [5.74, 6) is -0.281. The summed E-state index contributed by atoms with van der Waals surface area (Å²) in [6.07, 6.45) is 5.18. The van der Waals surface area contributed by atoms with E-state index in [0.717, 1.165) is 16.5 Å². The maximum atomic E-state index is 13.1. The predicted molar refractivity (Wildman–Crippen MR) is 100 cm³/mol. The van der Waals surface area contributed by atoms with E-state index in [1.165, 1.54) is 0 Å². The third-order valence-corrected chi connectivity index (χ3v) is 5.71. The fraction of sp³-hybridized carbons (Fsp3) is 0.211. The molecule has 3 heterocycles. The molecule has 1 aliphatic rings. The highest BCUT2D eigenvalue weighted by Crippen LogP contribution is 2.34.